The summed E-state index contributed by atoms with van der Waals surface area (Å²) in [5.41, 5.74) is -1.56. The van der Waals surface area contributed by atoms with Crippen LogP contribution in [0.15, 0.2) is 0 Å². The molecule has 2 N–H and O–H groups in total. The van der Waals surface area contributed by atoms with Gasteiger partial charge in [-0.05, 0) is 46.7 Å². The number of alkyl carbamates (subject to hydrolysis) is 1. The lowest BCUT2D eigenvalue weighted by molar-refractivity contribution is -0.149. The van der Waals surface area contributed by atoms with E-state index in [4.69, 9.17) is 9.47 Å². The minimum absolute atomic E-state index is 0. The van der Waals surface area contributed by atoms with Gasteiger partial charge in [0.2, 0.25) is 0 Å². The molecule has 1 saturated heterocycles. The monoisotopic (exact) mass is 294 g/mol. The lowest BCUT2D eigenvalue weighted by Gasteiger charge is -2.35. The summed E-state index contributed by atoms with van der Waals surface area (Å²) < 4.78 is 9.97. The maximum atomic E-state index is 11.9. The topological polar surface area (TPSA) is 76.7 Å². The summed E-state index contributed by atoms with van der Waals surface area (Å²) in [6, 6.07) is 0. The van der Waals surface area contributed by atoms with Crippen molar-refractivity contribution in [1.29, 1.82) is 0 Å². The van der Waals surface area contributed by atoms with Crippen molar-refractivity contribution < 1.29 is 19.1 Å². The molecule has 0 atom stereocenters. The summed E-state index contributed by atoms with van der Waals surface area (Å²) in [6.45, 7) is 6.65. The Balaban J connectivity index is 0.00000324. The van der Waals surface area contributed by atoms with E-state index >= 15 is 0 Å². The standard InChI is InChI=1S/C12H22N2O4.ClH/c1-11(2,3)18-10(16)14-12(9(15)17-4)5-7-13-8-6-12;/h13H,5-8H2,1-4H3,(H,14,16);1H. The first-order valence-corrected chi connectivity index (χ1v) is 6.09. The number of nitrogens with one attached hydrogen (secondary N) is 2. The first kappa shape index (κ1) is 18.0. The predicted octanol–water partition coefficient (Wildman–Crippen LogP) is 1.23. The Bertz CT molecular complexity index is 322. The smallest absolute Gasteiger partial charge is 0.408 e. The molecule has 1 aliphatic heterocycles. The highest BCUT2D eigenvalue weighted by molar-refractivity contribution is 5.86. The van der Waals surface area contributed by atoms with Gasteiger partial charge in [0.25, 0.3) is 0 Å². The Morgan fingerprint density at radius 2 is 1.74 bits per heavy atom. The summed E-state index contributed by atoms with van der Waals surface area (Å²) in [5.74, 6) is -0.421. The molecule has 112 valence electrons. The van der Waals surface area contributed by atoms with Crippen LogP contribution in [0, 0.1) is 0 Å². The van der Waals surface area contributed by atoms with Gasteiger partial charge < -0.3 is 20.1 Å². The lowest BCUT2D eigenvalue weighted by atomic mass is 9.88. The lowest BCUT2D eigenvalue weighted by Crippen LogP contribution is -2.60. The number of ether oxygens (including phenoxy) is 2. The van der Waals surface area contributed by atoms with Gasteiger partial charge in [-0.15, -0.1) is 12.4 Å². The molecule has 0 radical (unpaired) electrons. The van der Waals surface area contributed by atoms with Gasteiger partial charge in [0.1, 0.15) is 11.1 Å². The molecular formula is C12H23ClN2O4. The molecule has 1 aliphatic rings. The number of hydrogen-bond donors (Lipinski definition) is 2. The molecule has 0 bridgehead atoms. The van der Waals surface area contributed by atoms with Crippen molar-refractivity contribution in [3.63, 3.8) is 0 Å². The number of esters is 1. The van der Waals surface area contributed by atoms with Crippen LogP contribution in [0.2, 0.25) is 0 Å². The van der Waals surface area contributed by atoms with E-state index in [-0.39, 0.29) is 12.4 Å². The molecule has 6 nitrogen and oxygen atoms in total. The Hall–Kier alpha value is -1.01. The van der Waals surface area contributed by atoms with Crippen LogP contribution >= 0.6 is 12.4 Å². The van der Waals surface area contributed by atoms with Gasteiger partial charge >= 0.3 is 12.1 Å². The molecule has 1 heterocycles. The van der Waals surface area contributed by atoms with Crippen molar-refractivity contribution >= 4 is 24.5 Å². The van der Waals surface area contributed by atoms with Crippen LogP contribution in [0.25, 0.3) is 0 Å². The van der Waals surface area contributed by atoms with E-state index in [9.17, 15) is 9.59 Å². The predicted molar refractivity (Wildman–Crippen MR) is 73.5 cm³/mol. The number of carbonyl (C=O) groups is 2. The SMILES string of the molecule is COC(=O)C1(NC(=O)OC(C)(C)C)CCNCC1.Cl. The van der Waals surface area contributed by atoms with Crippen molar-refractivity contribution in [2.75, 3.05) is 20.2 Å². The molecule has 0 aromatic carbocycles. The molecule has 19 heavy (non-hydrogen) atoms. The molecule has 7 heteroatoms. The third-order valence-corrected chi connectivity index (χ3v) is 2.77. The molecule has 0 aromatic heterocycles. The number of halogens is 1. The van der Waals surface area contributed by atoms with Crippen molar-refractivity contribution in [2.45, 2.75) is 44.8 Å². The van der Waals surface area contributed by atoms with Crippen molar-refractivity contribution in [2.24, 2.45) is 0 Å². The Labute approximate surface area is 120 Å². The van der Waals surface area contributed by atoms with Gasteiger partial charge in [0.15, 0.2) is 0 Å². The average Bonchev–Trinajstić information content (AvgIpc) is 2.26. The Kier molecular flexibility index (Phi) is 6.59. The second kappa shape index (κ2) is 6.96. The number of piperidine rings is 1. The number of rotatable bonds is 2. The van der Waals surface area contributed by atoms with Crippen molar-refractivity contribution in [3.8, 4) is 0 Å². The zero-order chi connectivity index (χ0) is 13.8. The third-order valence-electron chi connectivity index (χ3n) is 2.77. The molecule has 1 rings (SSSR count). The van der Waals surface area contributed by atoms with Gasteiger partial charge in [-0.25, -0.2) is 9.59 Å². The van der Waals surface area contributed by atoms with Crippen molar-refractivity contribution in [3.05, 3.63) is 0 Å². The van der Waals surface area contributed by atoms with E-state index < -0.39 is 23.2 Å². The molecule has 1 fully saturated rings. The van der Waals surface area contributed by atoms with E-state index in [0.29, 0.717) is 25.9 Å². The minimum Gasteiger partial charge on any atom is -0.467 e. The number of hydrogen-bond acceptors (Lipinski definition) is 5. The zero-order valence-corrected chi connectivity index (χ0v) is 12.7. The summed E-state index contributed by atoms with van der Waals surface area (Å²) >= 11 is 0. The molecule has 0 spiro atoms. The fraction of sp³-hybridized carbons (Fsp3) is 0.833. The minimum atomic E-state index is -0.970. The fourth-order valence-corrected chi connectivity index (χ4v) is 1.93. The Morgan fingerprint density at radius 1 is 1.21 bits per heavy atom. The number of amides is 1. The third kappa shape index (κ3) is 5.24. The maximum Gasteiger partial charge on any atom is 0.408 e. The van der Waals surface area contributed by atoms with Gasteiger partial charge in [-0.2, -0.15) is 0 Å². The molecule has 0 aromatic rings. The number of carbonyl (C=O) groups excluding carboxylic acids is 2. The van der Waals surface area contributed by atoms with Crippen LogP contribution in [-0.4, -0.2) is 43.4 Å². The van der Waals surface area contributed by atoms with Crippen LogP contribution in [0.3, 0.4) is 0 Å². The highest BCUT2D eigenvalue weighted by Gasteiger charge is 2.43. The number of methoxy groups -OCH3 is 1. The molecule has 0 aliphatic carbocycles. The van der Waals surface area contributed by atoms with Crippen LogP contribution in [0.5, 0.6) is 0 Å². The summed E-state index contributed by atoms with van der Waals surface area (Å²) in [5, 5.41) is 5.80. The molecule has 0 saturated carbocycles. The van der Waals surface area contributed by atoms with Gasteiger partial charge in [-0.1, -0.05) is 0 Å². The summed E-state index contributed by atoms with van der Waals surface area (Å²) in [6.07, 6.45) is 0.410. The van der Waals surface area contributed by atoms with Gasteiger partial charge in [-0.3, -0.25) is 0 Å². The van der Waals surface area contributed by atoms with E-state index in [1.54, 1.807) is 20.8 Å². The second-order valence-corrected chi connectivity index (χ2v) is 5.45. The summed E-state index contributed by atoms with van der Waals surface area (Å²) in [4.78, 5) is 23.7. The highest BCUT2D eigenvalue weighted by Crippen LogP contribution is 2.21. The average molecular weight is 295 g/mol. The molecular weight excluding hydrogens is 272 g/mol. The normalized spacial score (nSPS) is 17.9. The van der Waals surface area contributed by atoms with Gasteiger partial charge in [0, 0.05) is 0 Å². The van der Waals surface area contributed by atoms with E-state index in [0.717, 1.165) is 0 Å². The first-order valence-electron chi connectivity index (χ1n) is 6.09. The Morgan fingerprint density at radius 3 is 2.16 bits per heavy atom. The van der Waals surface area contributed by atoms with Crippen molar-refractivity contribution in [1.82, 2.24) is 10.6 Å². The summed E-state index contributed by atoms with van der Waals surface area (Å²) in [7, 11) is 1.32. The highest BCUT2D eigenvalue weighted by atomic mass is 35.5. The first-order chi connectivity index (χ1) is 8.29. The van der Waals surface area contributed by atoms with E-state index in [2.05, 4.69) is 10.6 Å². The second-order valence-electron chi connectivity index (χ2n) is 5.45. The molecule has 0 unspecified atom stereocenters. The fourth-order valence-electron chi connectivity index (χ4n) is 1.93. The van der Waals surface area contributed by atoms with Crippen LogP contribution < -0.4 is 10.6 Å². The maximum absolute atomic E-state index is 11.9. The zero-order valence-electron chi connectivity index (χ0n) is 11.9. The van der Waals surface area contributed by atoms with E-state index in [1.807, 2.05) is 0 Å². The quantitative estimate of drug-likeness (QED) is 0.749. The van der Waals surface area contributed by atoms with Crippen LogP contribution in [0.4, 0.5) is 4.79 Å². The van der Waals surface area contributed by atoms with Crippen LogP contribution in [-0.2, 0) is 14.3 Å². The van der Waals surface area contributed by atoms with E-state index in [1.165, 1.54) is 7.11 Å². The molecule has 1 amide bonds. The largest absolute Gasteiger partial charge is 0.467 e. The van der Waals surface area contributed by atoms with Gasteiger partial charge in [0.05, 0.1) is 7.11 Å². The van der Waals surface area contributed by atoms with Crippen LogP contribution in [0.1, 0.15) is 33.6 Å².